The quantitative estimate of drug-likeness (QED) is 0.764. The Morgan fingerprint density at radius 2 is 2.20 bits per heavy atom. The van der Waals surface area contributed by atoms with E-state index in [4.69, 9.17) is 5.73 Å². The van der Waals surface area contributed by atoms with Crippen molar-refractivity contribution >= 4 is 21.5 Å². The van der Waals surface area contributed by atoms with Crippen molar-refractivity contribution in [2.45, 2.75) is 31.7 Å². The van der Waals surface area contributed by atoms with Crippen LogP contribution >= 0.6 is 15.9 Å². The second-order valence-corrected chi connectivity index (χ2v) is 5.40. The number of hydrogen-bond acceptors (Lipinski definition) is 1. The summed E-state index contributed by atoms with van der Waals surface area (Å²) in [5.41, 5.74) is 12.1. The number of benzene rings is 1. The SMILES string of the molecule is NC1CCCC2=C1Cc1ccc(Br)cc12. The molecule has 3 rings (SSSR count). The second kappa shape index (κ2) is 3.46. The summed E-state index contributed by atoms with van der Waals surface area (Å²) in [5, 5.41) is 0. The predicted octanol–water partition coefficient (Wildman–Crippen LogP) is 3.27. The summed E-state index contributed by atoms with van der Waals surface area (Å²) in [6, 6.07) is 6.91. The number of rotatable bonds is 0. The topological polar surface area (TPSA) is 26.0 Å². The maximum atomic E-state index is 6.17. The molecule has 78 valence electrons. The molecule has 1 aromatic rings. The van der Waals surface area contributed by atoms with Gasteiger partial charge in [-0.15, -0.1) is 0 Å². The molecular weight excluding hydrogens is 250 g/mol. The van der Waals surface area contributed by atoms with E-state index in [0.29, 0.717) is 6.04 Å². The Kier molecular flexibility index (Phi) is 2.22. The summed E-state index contributed by atoms with van der Waals surface area (Å²) in [6.07, 6.45) is 4.70. The molecule has 0 spiro atoms. The third kappa shape index (κ3) is 1.47. The molecule has 0 aliphatic heterocycles. The zero-order chi connectivity index (χ0) is 10.4. The first-order valence-corrected chi connectivity index (χ1v) is 6.31. The molecule has 1 nitrogen and oxygen atoms in total. The number of halogens is 1. The molecule has 0 fully saturated rings. The monoisotopic (exact) mass is 263 g/mol. The van der Waals surface area contributed by atoms with Crippen molar-refractivity contribution in [3.05, 3.63) is 39.4 Å². The fraction of sp³-hybridized carbons (Fsp3) is 0.385. The third-order valence-corrected chi connectivity index (χ3v) is 4.05. The van der Waals surface area contributed by atoms with Crippen LogP contribution in [0.25, 0.3) is 5.57 Å². The average Bonchev–Trinajstić information content (AvgIpc) is 2.58. The number of fused-ring (bicyclic) bond motifs is 2. The molecule has 0 aromatic heterocycles. The van der Waals surface area contributed by atoms with Crippen LogP contribution in [0.15, 0.2) is 28.2 Å². The lowest BCUT2D eigenvalue weighted by Gasteiger charge is -2.21. The second-order valence-electron chi connectivity index (χ2n) is 4.48. The molecule has 0 saturated carbocycles. The molecular formula is C13H14BrN. The molecule has 2 aliphatic rings. The van der Waals surface area contributed by atoms with Gasteiger partial charge in [-0.1, -0.05) is 22.0 Å². The molecule has 0 bridgehead atoms. The van der Waals surface area contributed by atoms with Gasteiger partial charge in [-0.05, 0) is 60.1 Å². The smallest absolute Gasteiger partial charge is 0.0263 e. The van der Waals surface area contributed by atoms with Crippen LogP contribution in [0, 0.1) is 0 Å². The van der Waals surface area contributed by atoms with Crippen molar-refractivity contribution in [1.82, 2.24) is 0 Å². The highest BCUT2D eigenvalue weighted by atomic mass is 79.9. The molecule has 0 saturated heterocycles. The molecule has 15 heavy (non-hydrogen) atoms. The van der Waals surface area contributed by atoms with Crippen LogP contribution < -0.4 is 5.73 Å². The van der Waals surface area contributed by atoms with E-state index in [2.05, 4.69) is 34.1 Å². The van der Waals surface area contributed by atoms with Gasteiger partial charge in [0, 0.05) is 10.5 Å². The zero-order valence-electron chi connectivity index (χ0n) is 8.59. The van der Waals surface area contributed by atoms with Crippen molar-refractivity contribution in [3.8, 4) is 0 Å². The third-order valence-electron chi connectivity index (χ3n) is 3.56. The van der Waals surface area contributed by atoms with Crippen LogP contribution in [0.4, 0.5) is 0 Å². The standard InChI is InChI=1S/C13H14BrN/c14-9-5-4-8-6-12-10(11(8)7-9)2-1-3-13(12)15/h4-5,7,13H,1-3,6,15H2. The molecule has 0 amide bonds. The van der Waals surface area contributed by atoms with E-state index in [9.17, 15) is 0 Å². The highest BCUT2D eigenvalue weighted by Gasteiger charge is 2.27. The van der Waals surface area contributed by atoms with Crippen molar-refractivity contribution in [1.29, 1.82) is 0 Å². The minimum absolute atomic E-state index is 0.305. The van der Waals surface area contributed by atoms with Crippen molar-refractivity contribution in [3.63, 3.8) is 0 Å². The van der Waals surface area contributed by atoms with E-state index in [1.54, 1.807) is 0 Å². The average molecular weight is 264 g/mol. The first-order chi connectivity index (χ1) is 7.25. The number of hydrogen-bond donors (Lipinski definition) is 1. The van der Waals surface area contributed by atoms with Crippen LogP contribution in [0.5, 0.6) is 0 Å². The largest absolute Gasteiger partial charge is 0.324 e. The van der Waals surface area contributed by atoms with Gasteiger partial charge in [-0.3, -0.25) is 0 Å². The van der Waals surface area contributed by atoms with Crippen molar-refractivity contribution < 1.29 is 0 Å². The minimum Gasteiger partial charge on any atom is -0.324 e. The van der Waals surface area contributed by atoms with Gasteiger partial charge in [0.05, 0.1) is 0 Å². The van der Waals surface area contributed by atoms with E-state index < -0.39 is 0 Å². The van der Waals surface area contributed by atoms with E-state index in [1.807, 2.05) is 0 Å². The summed E-state index contributed by atoms with van der Waals surface area (Å²) >= 11 is 3.54. The summed E-state index contributed by atoms with van der Waals surface area (Å²) in [5.74, 6) is 0. The maximum absolute atomic E-state index is 6.17. The summed E-state index contributed by atoms with van der Waals surface area (Å²) in [7, 11) is 0. The van der Waals surface area contributed by atoms with Gasteiger partial charge in [0.15, 0.2) is 0 Å². The lowest BCUT2D eigenvalue weighted by molar-refractivity contribution is 0.620. The van der Waals surface area contributed by atoms with Gasteiger partial charge < -0.3 is 5.73 Å². The van der Waals surface area contributed by atoms with Crippen LogP contribution in [0.3, 0.4) is 0 Å². The Morgan fingerprint density at radius 1 is 1.33 bits per heavy atom. The number of allylic oxidation sites excluding steroid dienone is 1. The molecule has 1 aromatic carbocycles. The number of nitrogens with two attached hydrogens (primary N) is 1. The van der Waals surface area contributed by atoms with Crippen LogP contribution in [-0.2, 0) is 6.42 Å². The highest BCUT2D eigenvalue weighted by Crippen LogP contribution is 2.41. The van der Waals surface area contributed by atoms with Gasteiger partial charge in [-0.25, -0.2) is 0 Å². The maximum Gasteiger partial charge on any atom is 0.0263 e. The van der Waals surface area contributed by atoms with Gasteiger partial charge in [0.25, 0.3) is 0 Å². The summed E-state index contributed by atoms with van der Waals surface area (Å²) in [4.78, 5) is 0. The van der Waals surface area contributed by atoms with Crippen LogP contribution in [0.1, 0.15) is 30.4 Å². The van der Waals surface area contributed by atoms with E-state index in [-0.39, 0.29) is 0 Å². The fourth-order valence-electron chi connectivity index (χ4n) is 2.79. The molecule has 2 aliphatic carbocycles. The van der Waals surface area contributed by atoms with Gasteiger partial charge >= 0.3 is 0 Å². The lowest BCUT2D eigenvalue weighted by atomic mass is 9.88. The first kappa shape index (κ1) is 9.61. The summed E-state index contributed by atoms with van der Waals surface area (Å²) in [6.45, 7) is 0. The Morgan fingerprint density at radius 3 is 3.07 bits per heavy atom. The Bertz CT molecular complexity index is 448. The fourth-order valence-corrected chi connectivity index (χ4v) is 3.15. The lowest BCUT2D eigenvalue weighted by Crippen LogP contribution is -2.25. The van der Waals surface area contributed by atoms with Crippen molar-refractivity contribution in [2.75, 3.05) is 0 Å². The van der Waals surface area contributed by atoms with E-state index >= 15 is 0 Å². The van der Waals surface area contributed by atoms with E-state index in [0.717, 1.165) is 12.8 Å². The van der Waals surface area contributed by atoms with Crippen LogP contribution in [0.2, 0.25) is 0 Å². The first-order valence-electron chi connectivity index (χ1n) is 5.52. The Labute approximate surface area is 98.5 Å². The Hall–Kier alpha value is -0.600. The molecule has 0 heterocycles. The predicted molar refractivity (Wildman–Crippen MR) is 66.6 cm³/mol. The zero-order valence-corrected chi connectivity index (χ0v) is 10.2. The molecule has 2 N–H and O–H groups in total. The molecule has 2 heteroatoms. The molecule has 1 atom stereocenters. The van der Waals surface area contributed by atoms with E-state index in [1.165, 1.54) is 39.6 Å². The van der Waals surface area contributed by atoms with Gasteiger partial charge in [-0.2, -0.15) is 0 Å². The summed E-state index contributed by atoms with van der Waals surface area (Å²) < 4.78 is 1.18. The van der Waals surface area contributed by atoms with Crippen LogP contribution in [-0.4, -0.2) is 6.04 Å². The molecule has 1 unspecified atom stereocenters. The van der Waals surface area contributed by atoms with Gasteiger partial charge in [0.1, 0.15) is 0 Å². The Balaban J connectivity index is 2.12. The normalized spacial score (nSPS) is 24.0. The minimum atomic E-state index is 0.305. The van der Waals surface area contributed by atoms with Gasteiger partial charge in [0.2, 0.25) is 0 Å². The molecule has 0 radical (unpaired) electrons. The highest BCUT2D eigenvalue weighted by molar-refractivity contribution is 9.10. The van der Waals surface area contributed by atoms with Crippen molar-refractivity contribution in [2.24, 2.45) is 5.73 Å².